The molecule has 2 aliphatic heterocycles. The second-order valence-electron chi connectivity index (χ2n) is 5.71. The van der Waals surface area contributed by atoms with Crippen molar-refractivity contribution in [3.63, 3.8) is 0 Å². The van der Waals surface area contributed by atoms with Crippen LogP contribution in [0.3, 0.4) is 0 Å². The molecule has 0 spiro atoms. The van der Waals surface area contributed by atoms with Gasteiger partial charge in [-0.3, -0.25) is 4.90 Å². The molecule has 20 heavy (non-hydrogen) atoms. The Morgan fingerprint density at radius 3 is 2.65 bits per heavy atom. The lowest BCUT2D eigenvalue weighted by molar-refractivity contribution is 0.163. The van der Waals surface area contributed by atoms with Gasteiger partial charge in [-0.2, -0.15) is 9.64 Å². The molecule has 2 fully saturated rings. The van der Waals surface area contributed by atoms with Crippen molar-refractivity contribution in [2.45, 2.75) is 44.7 Å². The SMILES string of the molecule is CC1CCCN1C1CCN(c2snc(Cl)c2C#N)CC1. The highest BCUT2D eigenvalue weighted by Crippen LogP contribution is 2.34. The van der Waals surface area contributed by atoms with Crippen molar-refractivity contribution in [3.05, 3.63) is 10.7 Å². The van der Waals surface area contributed by atoms with Crippen molar-refractivity contribution in [2.75, 3.05) is 24.5 Å². The zero-order valence-corrected chi connectivity index (χ0v) is 13.3. The maximum Gasteiger partial charge on any atom is 0.162 e. The van der Waals surface area contributed by atoms with E-state index in [0.29, 0.717) is 16.8 Å². The minimum atomic E-state index is 0.350. The lowest BCUT2D eigenvalue weighted by Gasteiger charge is -2.39. The number of rotatable bonds is 2. The first-order valence-electron chi connectivity index (χ1n) is 7.26. The van der Waals surface area contributed by atoms with Crippen LogP contribution in [0.1, 0.15) is 38.2 Å². The molecule has 0 N–H and O–H groups in total. The van der Waals surface area contributed by atoms with E-state index in [1.807, 2.05) is 0 Å². The topological polar surface area (TPSA) is 43.2 Å². The van der Waals surface area contributed by atoms with Crippen molar-refractivity contribution in [1.82, 2.24) is 9.27 Å². The number of hydrogen-bond acceptors (Lipinski definition) is 5. The molecule has 1 unspecified atom stereocenters. The summed E-state index contributed by atoms with van der Waals surface area (Å²) in [6.07, 6.45) is 5.02. The van der Waals surface area contributed by atoms with E-state index in [1.165, 1.54) is 43.8 Å². The number of piperidine rings is 1. The third kappa shape index (κ3) is 2.52. The van der Waals surface area contributed by atoms with Crippen molar-refractivity contribution in [2.24, 2.45) is 0 Å². The number of likely N-dealkylation sites (tertiary alicyclic amines) is 1. The van der Waals surface area contributed by atoms with Gasteiger partial charge in [-0.1, -0.05) is 11.6 Å². The average molecular weight is 311 g/mol. The van der Waals surface area contributed by atoms with Crippen molar-refractivity contribution < 1.29 is 0 Å². The molecule has 3 heterocycles. The van der Waals surface area contributed by atoms with Gasteiger partial charge in [-0.25, -0.2) is 0 Å². The van der Waals surface area contributed by atoms with Crippen LogP contribution in [0.2, 0.25) is 5.15 Å². The van der Waals surface area contributed by atoms with Crippen LogP contribution in [0.25, 0.3) is 0 Å². The van der Waals surface area contributed by atoms with Crippen LogP contribution >= 0.6 is 23.1 Å². The maximum atomic E-state index is 9.18. The molecule has 0 saturated carbocycles. The smallest absolute Gasteiger partial charge is 0.162 e. The molecule has 3 rings (SSSR count). The first kappa shape index (κ1) is 14.1. The summed E-state index contributed by atoms with van der Waals surface area (Å²) in [7, 11) is 0. The Kier molecular flexibility index (Phi) is 4.16. The number of anilines is 1. The van der Waals surface area contributed by atoms with Gasteiger partial charge >= 0.3 is 0 Å². The Bertz CT molecular complexity index is 516. The molecule has 0 bridgehead atoms. The van der Waals surface area contributed by atoms with Gasteiger partial charge in [0.05, 0.1) is 0 Å². The molecule has 108 valence electrons. The number of halogens is 1. The van der Waals surface area contributed by atoms with E-state index in [-0.39, 0.29) is 0 Å². The maximum absolute atomic E-state index is 9.18. The number of nitrogens with zero attached hydrogens (tertiary/aromatic N) is 4. The summed E-state index contributed by atoms with van der Waals surface area (Å²) in [5.74, 6) is 0. The summed E-state index contributed by atoms with van der Waals surface area (Å²) in [6, 6.07) is 3.62. The van der Waals surface area contributed by atoms with Crippen LogP contribution in [0.4, 0.5) is 5.00 Å². The Hall–Kier alpha value is -0.830. The summed E-state index contributed by atoms with van der Waals surface area (Å²) in [6.45, 7) is 5.60. The molecule has 1 aromatic heterocycles. The van der Waals surface area contributed by atoms with Crippen molar-refractivity contribution in [3.8, 4) is 6.07 Å². The normalized spacial score (nSPS) is 25.1. The lowest BCUT2D eigenvalue weighted by Crippen LogP contribution is -2.46. The van der Waals surface area contributed by atoms with Gasteiger partial charge in [0.1, 0.15) is 16.6 Å². The van der Waals surface area contributed by atoms with Gasteiger partial charge in [-0.05, 0) is 50.7 Å². The summed E-state index contributed by atoms with van der Waals surface area (Å²) < 4.78 is 4.10. The zero-order valence-electron chi connectivity index (χ0n) is 11.7. The predicted molar refractivity (Wildman–Crippen MR) is 82.5 cm³/mol. The van der Waals surface area contributed by atoms with Gasteiger partial charge < -0.3 is 4.90 Å². The van der Waals surface area contributed by atoms with Gasteiger partial charge in [0.2, 0.25) is 0 Å². The fourth-order valence-corrected chi connectivity index (χ4v) is 4.55. The summed E-state index contributed by atoms with van der Waals surface area (Å²) >= 11 is 7.31. The molecule has 0 aromatic carbocycles. The molecule has 6 heteroatoms. The fraction of sp³-hybridized carbons (Fsp3) is 0.714. The highest BCUT2D eigenvalue weighted by atomic mass is 35.5. The molecule has 4 nitrogen and oxygen atoms in total. The fourth-order valence-electron chi connectivity index (χ4n) is 3.47. The average Bonchev–Trinajstić information content (AvgIpc) is 3.05. The second-order valence-corrected chi connectivity index (χ2v) is 6.82. The molecular weight excluding hydrogens is 292 g/mol. The van der Waals surface area contributed by atoms with Gasteiger partial charge in [0.25, 0.3) is 0 Å². The molecular formula is C14H19ClN4S. The van der Waals surface area contributed by atoms with E-state index in [2.05, 4.69) is 27.2 Å². The molecule has 2 aliphatic rings. The van der Waals surface area contributed by atoms with Gasteiger partial charge in [0.15, 0.2) is 5.15 Å². The van der Waals surface area contributed by atoms with Crippen LogP contribution in [0.5, 0.6) is 0 Å². The van der Waals surface area contributed by atoms with E-state index >= 15 is 0 Å². The molecule has 1 atom stereocenters. The first-order chi connectivity index (χ1) is 9.70. The number of aromatic nitrogens is 1. The van der Waals surface area contributed by atoms with Crippen molar-refractivity contribution in [1.29, 1.82) is 5.26 Å². The molecule has 2 saturated heterocycles. The lowest BCUT2D eigenvalue weighted by atomic mass is 10.0. The monoisotopic (exact) mass is 310 g/mol. The van der Waals surface area contributed by atoms with Gasteiger partial charge in [0, 0.05) is 25.2 Å². The van der Waals surface area contributed by atoms with Gasteiger partial charge in [-0.15, -0.1) is 0 Å². The van der Waals surface area contributed by atoms with E-state index in [1.54, 1.807) is 0 Å². The Labute approximate surface area is 129 Å². The highest BCUT2D eigenvalue weighted by Gasteiger charge is 2.31. The third-order valence-electron chi connectivity index (χ3n) is 4.57. The minimum absolute atomic E-state index is 0.350. The van der Waals surface area contributed by atoms with Crippen LogP contribution < -0.4 is 4.90 Å². The molecule has 0 amide bonds. The minimum Gasteiger partial charge on any atom is -0.361 e. The van der Waals surface area contributed by atoms with Crippen LogP contribution in [-0.4, -0.2) is 41.0 Å². The molecule has 0 radical (unpaired) electrons. The van der Waals surface area contributed by atoms with E-state index in [0.717, 1.165) is 24.1 Å². The quantitative estimate of drug-likeness (QED) is 0.842. The standard InChI is InChI=1S/C14H19ClN4S/c1-10-3-2-6-19(10)11-4-7-18(8-5-11)14-12(9-16)13(15)17-20-14/h10-11H,2-8H2,1H3. The molecule has 1 aromatic rings. The second kappa shape index (κ2) is 5.88. The first-order valence-corrected chi connectivity index (χ1v) is 8.42. The van der Waals surface area contributed by atoms with E-state index in [4.69, 9.17) is 11.6 Å². The third-order valence-corrected chi connectivity index (χ3v) is 5.85. The Morgan fingerprint density at radius 2 is 2.05 bits per heavy atom. The summed E-state index contributed by atoms with van der Waals surface area (Å²) in [5, 5.41) is 10.5. The Morgan fingerprint density at radius 1 is 1.30 bits per heavy atom. The van der Waals surface area contributed by atoms with E-state index in [9.17, 15) is 5.26 Å². The van der Waals surface area contributed by atoms with E-state index < -0.39 is 0 Å². The molecule has 0 aliphatic carbocycles. The van der Waals surface area contributed by atoms with Crippen LogP contribution in [0.15, 0.2) is 0 Å². The van der Waals surface area contributed by atoms with Crippen molar-refractivity contribution >= 4 is 28.1 Å². The van der Waals surface area contributed by atoms with Crippen LogP contribution in [0, 0.1) is 11.3 Å². The Balaban J connectivity index is 1.65. The zero-order chi connectivity index (χ0) is 14.1. The largest absolute Gasteiger partial charge is 0.361 e. The number of hydrogen-bond donors (Lipinski definition) is 0. The summed E-state index contributed by atoms with van der Waals surface area (Å²) in [4.78, 5) is 4.95. The summed E-state index contributed by atoms with van der Waals surface area (Å²) in [5.41, 5.74) is 0.546. The van der Waals surface area contributed by atoms with Crippen LogP contribution in [-0.2, 0) is 0 Å². The number of nitriles is 1. The predicted octanol–water partition coefficient (Wildman–Crippen LogP) is 3.12. The highest BCUT2D eigenvalue weighted by molar-refractivity contribution is 7.10.